The van der Waals surface area contributed by atoms with Gasteiger partial charge in [0.05, 0.1) is 23.4 Å². The second-order valence-electron chi connectivity index (χ2n) is 8.48. The highest BCUT2D eigenvalue weighted by Crippen LogP contribution is 2.33. The number of halogens is 1. The first-order valence-corrected chi connectivity index (χ1v) is 12.3. The molecule has 4 heterocycles. The van der Waals surface area contributed by atoms with Gasteiger partial charge in [0, 0.05) is 16.8 Å². The number of ether oxygens (including phenoxy) is 1. The lowest BCUT2D eigenvalue weighted by molar-refractivity contribution is -0.0298. The summed E-state index contributed by atoms with van der Waals surface area (Å²) in [6.45, 7) is 2.85. The second-order valence-corrected chi connectivity index (χ2v) is 9.34. The van der Waals surface area contributed by atoms with Crippen molar-refractivity contribution in [3.05, 3.63) is 71.5 Å². The second kappa shape index (κ2) is 8.81. The van der Waals surface area contributed by atoms with E-state index in [1.54, 1.807) is 6.33 Å². The Morgan fingerprint density at radius 1 is 1.06 bits per heavy atom. The minimum Gasteiger partial charge on any atom is -0.358 e. The fourth-order valence-corrected chi connectivity index (χ4v) is 5.15. The molecule has 34 heavy (non-hydrogen) atoms. The van der Waals surface area contributed by atoms with E-state index in [4.69, 9.17) is 9.72 Å². The standard InChI is InChI=1S/C25H24BrN7O/c1-16(24-31-19-11-7-10-18(26)22(19)33(24)17-8-3-2-4-9-17)30-23-21-25(28-14-27-23)32(15-29-21)20-12-5-6-13-34-20/h2-4,7-11,14-16,20H,5-6,12-13H2,1H3,(H,27,28,30)/t16?,20-/m0/s1. The summed E-state index contributed by atoms with van der Waals surface area (Å²) in [5.41, 5.74) is 4.51. The predicted molar refractivity (Wildman–Crippen MR) is 135 cm³/mol. The quantitative estimate of drug-likeness (QED) is 0.317. The van der Waals surface area contributed by atoms with Gasteiger partial charge in [0.15, 0.2) is 17.0 Å². The summed E-state index contributed by atoms with van der Waals surface area (Å²) in [4.78, 5) is 18.7. The molecule has 2 aromatic carbocycles. The number of rotatable bonds is 5. The largest absolute Gasteiger partial charge is 0.358 e. The molecule has 9 heteroatoms. The fraction of sp³-hybridized carbons (Fsp3) is 0.280. The minimum absolute atomic E-state index is 0.0291. The molecule has 1 saturated heterocycles. The highest BCUT2D eigenvalue weighted by molar-refractivity contribution is 9.10. The van der Waals surface area contributed by atoms with Crippen LogP contribution in [-0.2, 0) is 4.74 Å². The summed E-state index contributed by atoms with van der Waals surface area (Å²) in [7, 11) is 0. The summed E-state index contributed by atoms with van der Waals surface area (Å²) in [5.74, 6) is 1.56. The molecule has 1 aliphatic rings. The summed E-state index contributed by atoms with van der Waals surface area (Å²) < 4.78 is 11.2. The van der Waals surface area contributed by atoms with E-state index >= 15 is 0 Å². The zero-order valence-corrected chi connectivity index (χ0v) is 20.3. The van der Waals surface area contributed by atoms with Gasteiger partial charge in [-0.3, -0.25) is 9.13 Å². The van der Waals surface area contributed by atoms with Crippen molar-refractivity contribution in [2.45, 2.75) is 38.5 Å². The molecular weight excluding hydrogens is 494 g/mol. The van der Waals surface area contributed by atoms with Crippen molar-refractivity contribution in [3.63, 3.8) is 0 Å². The molecule has 0 amide bonds. The Bertz CT molecular complexity index is 1460. The lowest BCUT2D eigenvalue weighted by Gasteiger charge is -2.23. The number of hydrogen-bond donors (Lipinski definition) is 1. The average Bonchev–Trinajstić information content (AvgIpc) is 3.49. The summed E-state index contributed by atoms with van der Waals surface area (Å²) >= 11 is 3.72. The van der Waals surface area contributed by atoms with Gasteiger partial charge in [-0.15, -0.1) is 0 Å². The van der Waals surface area contributed by atoms with Gasteiger partial charge in [-0.25, -0.2) is 19.9 Å². The minimum atomic E-state index is -0.145. The molecule has 6 rings (SSSR count). The zero-order chi connectivity index (χ0) is 23.1. The molecule has 172 valence electrons. The first-order chi connectivity index (χ1) is 16.7. The maximum Gasteiger partial charge on any atom is 0.167 e. The first kappa shape index (κ1) is 21.2. The van der Waals surface area contributed by atoms with E-state index in [1.807, 2.05) is 47.3 Å². The van der Waals surface area contributed by atoms with Crippen LogP contribution in [-0.4, -0.2) is 35.7 Å². The molecule has 1 fully saturated rings. The molecule has 1 N–H and O–H groups in total. The molecule has 1 unspecified atom stereocenters. The normalized spacial score (nSPS) is 17.3. The number of para-hydroxylation sites is 2. The van der Waals surface area contributed by atoms with E-state index in [0.717, 1.165) is 64.1 Å². The van der Waals surface area contributed by atoms with E-state index in [1.165, 1.54) is 0 Å². The maximum atomic E-state index is 5.95. The highest BCUT2D eigenvalue weighted by Gasteiger charge is 2.23. The molecule has 8 nitrogen and oxygen atoms in total. The smallest absolute Gasteiger partial charge is 0.167 e. The number of hydrogen-bond acceptors (Lipinski definition) is 6. The van der Waals surface area contributed by atoms with Gasteiger partial charge in [0.25, 0.3) is 0 Å². The third kappa shape index (κ3) is 3.65. The van der Waals surface area contributed by atoms with Crippen molar-refractivity contribution < 1.29 is 4.74 Å². The average molecular weight is 518 g/mol. The molecule has 0 radical (unpaired) electrons. The third-order valence-electron chi connectivity index (χ3n) is 6.23. The predicted octanol–water partition coefficient (Wildman–Crippen LogP) is 5.80. The molecule has 1 aliphatic heterocycles. The summed E-state index contributed by atoms with van der Waals surface area (Å²) in [5, 5.41) is 3.54. The van der Waals surface area contributed by atoms with Crippen molar-refractivity contribution >= 4 is 43.9 Å². The van der Waals surface area contributed by atoms with Crippen LogP contribution in [0.25, 0.3) is 27.9 Å². The Balaban J connectivity index is 1.41. The van der Waals surface area contributed by atoms with Crippen molar-refractivity contribution in [2.75, 3.05) is 11.9 Å². The van der Waals surface area contributed by atoms with Crippen LogP contribution in [0.5, 0.6) is 0 Å². The van der Waals surface area contributed by atoms with E-state index in [2.05, 4.69) is 59.8 Å². The summed E-state index contributed by atoms with van der Waals surface area (Å²) in [6, 6.07) is 16.2. The van der Waals surface area contributed by atoms with Gasteiger partial charge in [-0.1, -0.05) is 24.3 Å². The van der Waals surface area contributed by atoms with Crippen molar-refractivity contribution in [3.8, 4) is 5.69 Å². The van der Waals surface area contributed by atoms with Gasteiger partial charge >= 0.3 is 0 Å². The van der Waals surface area contributed by atoms with Gasteiger partial charge in [-0.05, 0) is 66.4 Å². The van der Waals surface area contributed by atoms with Gasteiger partial charge in [-0.2, -0.15) is 0 Å². The molecule has 2 atom stereocenters. The maximum absolute atomic E-state index is 5.95. The molecule has 5 aromatic rings. The van der Waals surface area contributed by atoms with Gasteiger partial charge in [0.1, 0.15) is 18.4 Å². The number of aromatic nitrogens is 6. The van der Waals surface area contributed by atoms with Crippen molar-refractivity contribution in [1.29, 1.82) is 0 Å². The lowest BCUT2D eigenvalue weighted by atomic mass is 10.2. The Hall–Kier alpha value is -3.30. The molecular formula is C25H24BrN7O. The van der Waals surface area contributed by atoms with Crippen LogP contribution < -0.4 is 5.32 Å². The monoisotopic (exact) mass is 517 g/mol. The number of fused-ring (bicyclic) bond motifs is 2. The summed E-state index contributed by atoms with van der Waals surface area (Å²) in [6.07, 6.45) is 6.56. The molecule has 0 saturated carbocycles. The Labute approximate surface area is 205 Å². The number of imidazole rings is 2. The van der Waals surface area contributed by atoms with Crippen LogP contribution in [0.4, 0.5) is 5.82 Å². The molecule has 0 bridgehead atoms. The number of nitrogens with one attached hydrogen (secondary N) is 1. The molecule has 3 aromatic heterocycles. The lowest BCUT2D eigenvalue weighted by Crippen LogP contribution is -2.18. The van der Waals surface area contributed by atoms with Gasteiger partial charge in [0.2, 0.25) is 0 Å². The SMILES string of the molecule is CC(Nc1ncnc2c1ncn2[C@@H]1CCCCO1)c1nc2cccc(Br)c2n1-c1ccccc1. The van der Waals surface area contributed by atoms with Crippen LogP contribution in [0, 0.1) is 0 Å². The van der Waals surface area contributed by atoms with E-state index in [-0.39, 0.29) is 12.3 Å². The molecule has 0 aliphatic carbocycles. The zero-order valence-electron chi connectivity index (χ0n) is 18.7. The topological polar surface area (TPSA) is 82.7 Å². The van der Waals surface area contributed by atoms with Crippen molar-refractivity contribution in [1.82, 2.24) is 29.1 Å². The number of anilines is 1. The van der Waals surface area contributed by atoms with E-state index in [9.17, 15) is 0 Å². The first-order valence-electron chi connectivity index (χ1n) is 11.5. The van der Waals surface area contributed by atoms with E-state index < -0.39 is 0 Å². The van der Waals surface area contributed by atoms with Crippen LogP contribution in [0.2, 0.25) is 0 Å². The third-order valence-corrected chi connectivity index (χ3v) is 6.87. The van der Waals surface area contributed by atoms with Crippen molar-refractivity contribution in [2.24, 2.45) is 0 Å². The Morgan fingerprint density at radius 2 is 1.94 bits per heavy atom. The van der Waals surface area contributed by atoms with Crippen LogP contribution in [0.1, 0.15) is 44.3 Å². The number of nitrogens with zero attached hydrogens (tertiary/aromatic N) is 6. The Kier molecular flexibility index (Phi) is 5.50. The van der Waals surface area contributed by atoms with Crippen LogP contribution in [0.15, 0.2) is 65.7 Å². The highest BCUT2D eigenvalue weighted by atomic mass is 79.9. The fourth-order valence-electron chi connectivity index (χ4n) is 4.61. The van der Waals surface area contributed by atoms with E-state index in [0.29, 0.717) is 5.82 Å². The van der Waals surface area contributed by atoms with Crippen LogP contribution in [0.3, 0.4) is 0 Å². The van der Waals surface area contributed by atoms with Gasteiger partial charge < -0.3 is 10.1 Å². The molecule has 0 spiro atoms. The Morgan fingerprint density at radius 3 is 2.76 bits per heavy atom. The number of benzene rings is 2. The van der Waals surface area contributed by atoms with Crippen LogP contribution >= 0.6 is 15.9 Å².